The van der Waals surface area contributed by atoms with Gasteiger partial charge in [-0.15, -0.1) is 0 Å². The van der Waals surface area contributed by atoms with Gasteiger partial charge in [-0.25, -0.2) is 4.79 Å². The maximum absolute atomic E-state index is 12.3. The number of hydrogen-bond acceptors (Lipinski definition) is 20. The van der Waals surface area contributed by atoms with E-state index in [1.807, 2.05) is 0 Å². The third kappa shape index (κ3) is 9.13. The summed E-state index contributed by atoms with van der Waals surface area (Å²) in [5.41, 5.74) is 5.46. The first-order valence-electron chi connectivity index (χ1n) is 15.5. The fourth-order valence-electron chi connectivity index (χ4n) is 5.74. The van der Waals surface area contributed by atoms with E-state index in [0.29, 0.717) is 25.8 Å². The van der Waals surface area contributed by atoms with E-state index in [4.69, 9.17) is 34.2 Å². The fourth-order valence-corrected chi connectivity index (χ4v) is 5.74. The molecule has 0 spiro atoms. The Kier molecular flexibility index (Phi) is 15.7. The maximum Gasteiger partial charge on any atom is 0.364 e. The zero-order valence-electron chi connectivity index (χ0n) is 25.9. The first-order chi connectivity index (χ1) is 22.7. The first kappa shape index (κ1) is 41.1. The fraction of sp³-hybridized carbons (Fsp3) is 0.963. The summed E-state index contributed by atoms with van der Waals surface area (Å²) in [6.45, 7) is -2.74. The average Bonchev–Trinajstić information content (AvgIpc) is 3.07. The van der Waals surface area contributed by atoms with E-state index >= 15 is 0 Å². The lowest BCUT2D eigenvalue weighted by Crippen LogP contribution is -2.68. The molecule has 0 bridgehead atoms. The summed E-state index contributed by atoms with van der Waals surface area (Å²) in [4.78, 5) is 12.3. The summed E-state index contributed by atoms with van der Waals surface area (Å²) in [5.74, 6) is -4.18. The van der Waals surface area contributed by atoms with Crippen LogP contribution in [0.2, 0.25) is 0 Å². The Morgan fingerprint density at radius 3 is 1.77 bits per heavy atom. The Morgan fingerprint density at radius 1 is 0.708 bits per heavy atom. The van der Waals surface area contributed by atoms with Crippen LogP contribution in [0.3, 0.4) is 0 Å². The third-order valence-corrected chi connectivity index (χ3v) is 8.48. The summed E-state index contributed by atoms with van der Waals surface area (Å²) < 4.78 is 33.2. The number of nitrogens with two attached hydrogens (primary N) is 1. The van der Waals surface area contributed by atoms with Gasteiger partial charge >= 0.3 is 5.97 Å². The number of carbonyl (C=O) groups is 1. The van der Waals surface area contributed by atoms with Gasteiger partial charge in [-0.2, -0.15) is 0 Å². The summed E-state index contributed by atoms with van der Waals surface area (Å²) in [6.07, 6.45) is -30.1. The predicted octanol–water partition coefficient (Wildman–Crippen LogP) is -7.85. The standard InChI is InChI=1S/C27H49NO20/c28-4-2-1-3-5-43-27(26(41)42)6-10(32)21(22(48-27)13(35)9-31)46-25-18(40)23(17(39)20(45-25)12(34)8-30)47-24-16(38)14(36)15(37)19(44-24)11(33)7-29/h10-25,29-40H,1-9,28H2,(H,41,42)/t10-,11+,12+,13-,14?,15+,16?,17-,18-,19+,20?,21-,22?,23?,24-,25-,27-/m1/s1. The molecule has 21 nitrogen and oxygen atoms in total. The van der Waals surface area contributed by atoms with Crippen LogP contribution in [0, 0.1) is 0 Å². The lowest BCUT2D eigenvalue weighted by molar-refractivity contribution is -0.388. The molecule has 21 heteroatoms. The van der Waals surface area contributed by atoms with Gasteiger partial charge in [0.2, 0.25) is 0 Å². The molecular formula is C27H49NO20. The van der Waals surface area contributed by atoms with Crippen molar-refractivity contribution in [3.05, 3.63) is 0 Å². The first-order valence-corrected chi connectivity index (χ1v) is 15.5. The van der Waals surface area contributed by atoms with Crippen molar-refractivity contribution < 1.29 is 99.6 Å². The average molecular weight is 708 g/mol. The van der Waals surface area contributed by atoms with Crippen LogP contribution in [0.1, 0.15) is 25.7 Å². The van der Waals surface area contributed by atoms with Crippen LogP contribution in [-0.2, 0) is 33.2 Å². The number of aliphatic carboxylic acids is 1. The third-order valence-electron chi connectivity index (χ3n) is 8.48. The normalized spacial score (nSPS) is 42.6. The molecule has 0 radical (unpaired) electrons. The molecule has 0 aromatic heterocycles. The van der Waals surface area contributed by atoms with Crippen molar-refractivity contribution in [3.63, 3.8) is 0 Å². The van der Waals surface area contributed by atoms with Gasteiger partial charge in [-0.05, 0) is 25.8 Å². The quantitative estimate of drug-likeness (QED) is 0.0624. The molecule has 282 valence electrons. The van der Waals surface area contributed by atoms with Crippen LogP contribution < -0.4 is 5.73 Å². The molecule has 3 saturated heterocycles. The molecule has 3 aliphatic heterocycles. The van der Waals surface area contributed by atoms with Gasteiger partial charge in [0.15, 0.2) is 12.6 Å². The number of hydrogen-bond donors (Lipinski definition) is 14. The lowest BCUT2D eigenvalue weighted by atomic mass is 9.91. The van der Waals surface area contributed by atoms with Gasteiger partial charge in [0.1, 0.15) is 79.4 Å². The second-order valence-electron chi connectivity index (χ2n) is 12.0. The van der Waals surface area contributed by atoms with Crippen LogP contribution in [0.15, 0.2) is 0 Å². The number of carboxylic acid groups (broad SMARTS) is 1. The highest BCUT2D eigenvalue weighted by Crippen LogP contribution is 2.37. The summed E-state index contributed by atoms with van der Waals surface area (Å²) in [5, 5.41) is 134. The van der Waals surface area contributed by atoms with Gasteiger partial charge < -0.3 is 101 Å². The van der Waals surface area contributed by atoms with E-state index < -0.39 is 136 Å². The second kappa shape index (κ2) is 18.3. The van der Waals surface area contributed by atoms with E-state index in [2.05, 4.69) is 0 Å². The number of aliphatic hydroxyl groups is 12. The molecule has 5 unspecified atom stereocenters. The van der Waals surface area contributed by atoms with Gasteiger partial charge in [-0.3, -0.25) is 0 Å². The van der Waals surface area contributed by atoms with Gasteiger partial charge in [0.25, 0.3) is 5.79 Å². The summed E-state index contributed by atoms with van der Waals surface area (Å²) in [7, 11) is 0. The molecule has 0 amide bonds. The minimum Gasteiger partial charge on any atom is -0.477 e. The molecule has 3 aliphatic rings. The second-order valence-corrected chi connectivity index (χ2v) is 12.0. The topological polar surface area (TPSA) is 361 Å². The molecule has 0 saturated carbocycles. The van der Waals surface area contributed by atoms with Crippen LogP contribution in [0.25, 0.3) is 0 Å². The molecule has 15 N–H and O–H groups in total. The van der Waals surface area contributed by atoms with Crippen molar-refractivity contribution in [2.45, 2.75) is 130 Å². The summed E-state index contributed by atoms with van der Waals surface area (Å²) >= 11 is 0. The van der Waals surface area contributed by atoms with Crippen molar-refractivity contribution in [1.29, 1.82) is 0 Å². The number of ether oxygens (including phenoxy) is 6. The Labute approximate surface area is 274 Å². The van der Waals surface area contributed by atoms with E-state index in [1.165, 1.54) is 0 Å². The van der Waals surface area contributed by atoms with Crippen molar-refractivity contribution in [3.8, 4) is 0 Å². The van der Waals surface area contributed by atoms with Crippen molar-refractivity contribution in [1.82, 2.24) is 0 Å². The van der Waals surface area contributed by atoms with Crippen molar-refractivity contribution >= 4 is 5.97 Å². The number of carboxylic acids is 1. The minimum absolute atomic E-state index is 0.147. The Balaban J connectivity index is 1.88. The molecule has 3 fully saturated rings. The molecule has 17 atom stereocenters. The monoisotopic (exact) mass is 707 g/mol. The molecular weight excluding hydrogens is 658 g/mol. The zero-order chi connectivity index (χ0) is 35.9. The molecule has 0 aromatic carbocycles. The molecule has 3 heterocycles. The Bertz CT molecular complexity index is 984. The van der Waals surface area contributed by atoms with Crippen LogP contribution >= 0.6 is 0 Å². The number of rotatable bonds is 17. The van der Waals surface area contributed by atoms with E-state index in [0.717, 1.165) is 0 Å². The van der Waals surface area contributed by atoms with E-state index in [-0.39, 0.29) is 6.61 Å². The molecule has 0 aliphatic carbocycles. The smallest absolute Gasteiger partial charge is 0.364 e. The van der Waals surface area contributed by atoms with Gasteiger partial charge in [0.05, 0.1) is 32.5 Å². The highest BCUT2D eigenvalue weighted by atomic mass is 16.8. The zero-order valence-corrected chi connectivity index (χ0v) is 25.9. The largest absolute Gasteiger partial charge is 0.477 e. The Morgan fingerprint density at radius 2 is 1.23 bits per heavy atom. The highest BCUT2D eigenvalue weighted by molar-refractivity contribution is 5.76. The summed E-state index contributed by atoms with van der Waals surface area (Å²) in [6, 6.07) is 0. The predicted molar refractivity (Wildman–Crippen MR) is 151 cm³/mol. The molecule has 3 rings (SSSR count). The van der Waals surface area contributed by atoms with Crippen LogP contribution in [0.4, 0.5) is 0 Å². The molecule has 0 aromatic rings. The van der Waals surface area contributed by atoms with E-state index in [9.17, 15) is 71.2 Å². The number of aliphatic hydroxyl groups excluding tert-OH is 12. The van der Waals surface area contributed by atoms with Crippen molar-refractivity contribution in [2.75, 3.05) is 33.0 Å². The molecule has 48 heavy (non-hydrogen) atoms. The number of unbranched alkanes of at least 4 members (excludes halogenated alkanes) is 2. The van der Waals surface area contributed by atoms with E-state index in [1.54, 1.807) is 0 Å². The van der Waals surface area contributed by atoms with Gasteiger partial charge in [-0.1, -0.05) is 0 Å². The highest BCUT2D eigenvalue weighted by Gasteiger charge is 2.58. The van der Waals surface area contributed by atoms with Crippen molar-refractivity contribution in [2.24, 2.45) is 5.73 Å². The minimum atomic E-state index is -2.51. The van der Waals surface area contributed by atoms with Crippen LogP contribution in [-0.4, -0.2) is 209 Å². The Hall–Kier alpha value is -1.29. The van der Waals surface area contributed by atoms with Gasteiger partial charge in [0, 0.05) is 6.42 Å². The SMILES string of the molecule is NCCCCCO[C@]1(C(=O)O)C[C@@H](O)[C@@H](O[C@H]2OC([C@@H](O)CO)[C@@H](O)C(O[C@H]3O[C@@H]([C@@H](O)CO)[C@@H](O)C(O)C3O)[C@H]2O)C([C@H](O)CO)O1. The van der Waals surface area contributed by atoms with Crippen LogP contribution in [0.5, 0.6) is 0 Å². The maximum atomic E-state index is 12.3. The lowest BCUT2D eigenvalue weighted by Gasteiger charge is -2.50.